The van der Waals surface area contributed by atoms with Crippen LogP contribution >= 0.6 is 9.24 Å². The highest BCUT2D eigenvalue weighted by Gasteiger charge is 2.35. The quantitative estimate of drug-likeness (QED) is 0.815. The zero-order valence-electron chi connectivity index (χ0n) is 13.0. The number of piperidine rings is 2. The fourth-order valence-electron chi connectivity index (χ4n) is 3.48. The lowest BCUT2D eigenvalue weighted by atomic mass is 9.90. The predicted octanol–water partition coefficient (Wildman–Crippen LogP) is 0.786. The molecule has 2 N–H and O–H groups in total. The number of likely N-dealkylation sites (tertiary alicyclic amines) is 1. The van der Waals surface area contributed by atoms with Crippen LogP contribution in [-0.4, -0.2) is 46.5 Å². The van der Waals surface area contributed by atoms with Crippen LogP contribution in [0.15, 0.2) is 6.33 Å². The molecule has 1 aromatic heterocycles. The van der Waals surface area contributed by atoms with Gasteiger partial charge in [0.15, 0.2) is 0 Å². The Morgan fingerprint density at radius 3 is 2.91 bits per heavy atom. The summed E-state index contributed by atoms with van der Waals surface area (Å²) in [5.74, 6) is 2.20. The second kappa shape index (κ2) is 6.37. The minimum absolute atomic E-state index is 0.266. The molecular formula is C15H24N5OP. The average Bonchev–Trinajstić information content (AvgIpc) is 2.52. The molecule has 0 aromatic carbocycles. The number of rotatable bonds is 2. The molecule has 0 bridgehead atoms. The first kappa shape index (κ1) is 15.5. The van der Waals surface area contributed by atoms with Gasteiger partial charge in [-0.3, -0.25) is 4.79 Å². The lowest BCUT2D eigenvalue weighted by Gasteiger charge is -2.45. The Morgan fingerprint density at radius 1 is 1.32 bits per heavy atom. The number of carbonyl (C=O) groups is 1. The maximum atomic E-state index is 12.3. The van der Waals surface area contributed by atoms with Crippen LogP contribution in [0.1, 0.15) is 32.6 Å². The van der Waals surface area contributed by atoms with Crippen LogP contribution in [0.25, 0.3) is 0 Å². The first-order valence-corrected chi connectivity index (χ1v) is 8.56. The van der Waals surface area contributed by atoms with E-state index < -0.39 is 0 Å². The third-order valence-corrected chi connectivity index (χ3v) is 5.43. The lowest BCUT2D eigenvalue weighted by molar-refractivity contribution is -0.137. The van der Waals surface area contributed by atoms with E-state index in [-0.39, 0.29) is 6.04 Å². The highest BCUT2D eigenvalue weighted by Crippen LogP contribution is 2.28. The highest BCUT2D eigenvalue weighted by atomic mass is 31.0. The minimum Gasteiger partial charge on any atom is -0.383 e. The molecule has 6 nitrogen and oxygen atoms in total. The number of nitrogens with zero attached hydrogens (tertiary/aromatic N) is 4. The molecule has 3 atom stereocenters. The van der Waals surface area contributed by atoms with Crippen molar-refractivity contribution >= 4 is 32.1 Å². The van der Waals surface area contributed by atoms with E-state index in [2.05, 4.69) is 35.9 Å². The normalized spacial score (nSPS) is 26.4. The maximum absolute atomic E-state index is 12.3. The average molecular weight is 321 g/mol. The first-order chi connectivity index (χ1) is 10.6. The number of nitrogen functional groups attached to an aromatic ring is 1. The van der Waals surface area contributed by atoms with Gasteiger partial charge in [0.1, 0.15) is 18.0 Å². The summed E-state index contributed by atoms with van der Waals surface area (Å²) in [6, 6.07) is 0.266. The van der Waals surface area contributed by atoms with Gasteiger partial charge in [-0.1, -0.05) is 16.2 Å². The first-order valence-electron chi connectivity index (χ1n) is 7.98. The van der Waals surface area contributed by atoms with E-state index in [1.807, 2.05) is 0 Å². The van der Waals surface area contributed by atoms with Crippen molar-refractivity contribution in [3.05, 3.63) is 6.33 Å². The molecule has 0 aliphatic carbocycles. The van der Waals surface area contributed by atoms with Crippen molar-refractivity contribution in [2.45, 2.75) is 38.6 Å². The number of nitrogens with two attached hydrogens (primary N) is 1. The van der Waals surface area contributed by atoms with Gasteiger partial charge in [-0.25, -0.2) is 9.97 Å². The molecule has 7 heteroatoms. The van der Waals surface area contributed by atoms with E-state index in [1.54, 1.807) is 0 Å². The fourth-order valence-corrected chi connectivity index (χ4v) is 3.81. The van der Waals surface area contributed by atoms with Crippen LogP contribution in [0, 0.1) is 5.92 Å². The van der Waals surface area contributed by atoms with Gasteiger partial charge in [0, 0.05) is 26.1 Å². The Kier molecular flexibility index (Phi) is 4.48. The summed E-state index contributed by atoms with van der Waals surface area (Å²) >= 11 is 0. The fraction of sp³-hybridized carbons (Fsp3) is 0.667. The van der Waals surface area contributed by atoms with Crippen molar-refractivity contribution in [3.63, 3.8) is 0 Å². The van der Waals surface area contributed by atoms with Crippen LogP contribution in [0.3, 0.4) is 0 Å². The SMILES string of the molecule is C[C@H]1CCN(c2ncnc(N)c2P)C[C@@H]1N1CCCCC1=O. The number of hydrogen-bond acceptors (Lipinski definition) is 5. The summed E-state index contributed by atoms with van der Waals surface area (Å²) in [6.45, 7) is 4.91. The third kappa shape index (κ3) is 2.89. The van der Waals surface area contributed by atoms with Crippen molar-refractivity contribution in [1.29, 1.82) is 0 Å². The second-order valence-electron chi connectivity index (χ2n) is 6.32. The molecule has 1 aromatic rings. The summed E-state index contributed by atoms with van der Waals surface area (Å²) in [6.07, 6.45) is 5.40. The molecular weight excluding hydrogens is 297 g/mol. The molecule has 22 heavy (non-hydrogen) atoms. The van der Waals surface area contributed by atoms with Gasteiger partial charge in [-0.2, -0.15) is 0 Å². The van der Waals surface area contributed by atoms with Crippen molar-refractivity contribution in [3.8, 4) is 0 Å². The molecule has 0 saturated carbocycles. The van der Waals surface area contributed by atoms with Crippen LogP contribution in [-0.2, 0) is 4.79 Å². The van der Waals surface area contributed by atoms with E-state index in [9.17, 15) is 4.79 Å². The van der Waals surface area contributed by atoms with Crippen molar-refractivity contribution < 1.29 is 4.79 Å². The number of hydrogen-bond donors (Lipinski definition) is 1. The molecule has 1 amide bonds. The molecule has 3 rings (SSSR count). The molecule has 0 spiro atoms. The van der Waals surface area contributed by atoms with E-state index in [1.165, 1.54) is 6.33 Å². The minimum atomic E-state index is 0.266. The topological polar surface area (TPSA) is 75.4 Å². The van der Waals surface area contributed by atoms with Gasteiger partial charge >= 0.3 is 0 Å². The van der Waals surface area contributed by atoms with Gasteiger partial charge < -0.3 is 15.5 Å². The number of aromatic nitrogens is 2. The van der Waals surface area contributed by atoms with E-state index >= 15 is 0 Å². The van der Waals surface area contributed by atoms with Crippen molar-refractivity contribution in [2.24, 2.45) is 5.92 Å². The Bertz CT molecular complexity index is 567. The summed E-state index contributed by atoms with van der Waals surface area (Å²) < 4.78 is 0. The largest absolute Gasteiger partial charge is 0.383 e. The van der Waals surface area contributed by atoms with Crippen LogP contribution in [0.2, 0.25) is 0 Å². The van der Waals surface area contributed by atoms with Crippen LogP contribution < -0.4 is 15.9 Å². The van der Waals surface area contributed by atoms with Gasteiger partial charge in [0.25, 0.3) is 0 Å². The monoisotopic (exact) mass is 321 g/mol. The number of amides is 1. The Labute approximate surface area is 133 Å². The standard InChI is InChI=1S/C15H24N5OP/c1-10-5-7-19(15-13(22)14(16)17-9-18-15)8-11(10)20-6-3-2-4-12(20)21/h9-11H,2-8,22H2,1H3,(H2,16,17,18)/t10-,11-/m0/s1. The van der Waals surface area contributed by atoms with E-state index in [4.69, 9.17) is 5.73 Å². The molecule has 1 unspecified atom stereocenters. The molecule has 2 aliphatic rings. The van der Waals surface area contributed by atoms with Gasteiger partial charge in [-0.05, 0) is 25.2 Å². The molecule has 2 saturated heterocycles. The van der Waals surface area contributed by atoms with Crippen LogP contribution in [0.4, 0.5) is 11.6 Å². The van der Waals surface area contributed by atoms with Crippen LogP contribution in [0.5, 0.6) is 0 Å². The highest BCUT2D eigenvalue weighted by molar-refractivity contribution is 7.28. The summed E-state index contributed by atoms with van der Waals surface area (Å²) in [4.78, 5) is 25.0. The molecule has 0 radical (unpaired) electrons. The van der Waals surface area contributed by atoms with Gasteiger partial charge in [0.2, 0.25) is 5.91 Å². The zero-order chi connectivity index (χ0) is 15.7. The molecule has 3 heterocycles. The predicted molar refractivity (Wildman–Crippen MR) is 91.1 cm³/mol. The zero-order valence-corrected chi connectivity index (χ0v) is 14.2. The second-order valence-corrected chi connectivity index (χ2v) is 6.90. The van der Waals surface area contributed by atoms with Crippen molar-refractivity contribution in [1.82, 2.24) is 14.9 Å². The maximum Gasteiger partial charge on any atom is 0.222 e. The Balaban J connectivity index is 1.81. The molecule has 2 aliphatic heterocycles. The van der Waals surface area contributed by atoms with Gasteiger partial charge in [0.05, 0.1) is 11.3 Å². The number of carbonyl (C=O) groups excluding carboxylic acids is 1. The molecule has 2 fully saturated rings. The third-order valence-electron chi connectivity index (χ3n) is 4.87. The van der Waals surface area contributed by atoms with Gasteiger partial charge in [-0.15, -0.1) is 0 Å². The summed E-state index contributed by atoms with van der Waals surface area (Å²) in [7, 11) is 2.64. The number of anilines is 2. The van der Waals surface area contributed by atoms with E-state index in [0.717, 1.165) is 50.0 Å². The lowest BCUT2D eigenvalue weighted by Crippen LogP contribution is -2.55. The summed E-state index contributed by atoms with van der Waals surface area (Å²) in [5.41, 5.74) is 5.89. The molecule has 120 valence electrons. The summed E-state index contributed by atoms with van der Waals surface area (Å²) in [5, 5.41) is 0.848. The smallest absolute Gasteiger partial charge is 0.222 e. The Hall–Kier alpha value is -1.42. The van der Waals surface area contributed by atoms with Crippen molar-refractivity contribution in [2.75, 3.05) is 30.3 Å². The van der Waals surface area contributed by atoms with E-state index in [0.29, 0.717) is 24.1 Å². The Morgan fingerprint density at radius 2 is 2.14 bits per heavy atom.